The van der Waals surface area contributed by atoms with Crippen LogP contribution in [0.1, 0.15) is 141 Å². The van der Waals surface area contributed by atoms with Crippen LogP contribution in [0.3, 0.4) is 0 Å². The molecule has 4 saturated carbocycles. The van der Waals surface area contributed by atoms with Crippen molar-refractivity contribution in [1.29, 1.82) is 0 Å². The van der Waals surface area contributed by atoms with Gasteiger partial charge in [0.05, 0.1) is 9.85 Å². The highest BCUT2D eigenvalue weighted by Crippen LogP contribution is 2.56. The number of hydrogen-bond acceptors (Lipinski definition) is 15. The summed E-state index contributed by atoms with van der Waals surface area (Å²) in [6, 6.07) is 22.5. The van der Waals surface area contributed by atoms with Crippen molar-refractivity contribution in [3.05, 3.63) is 199 Å². The van der Waals surface area contributed by atoms with Gasteiger partial charge in [0.2, 0.25) is 0 Å². The van der Waals surface area contributed by atoms with Crippen LogP contribution >= 0.6 is 0 Å². The van der Waals surface area contributed by atoms with E-state index in [1.165, 1.54) is 103 Å². The molecule has 0 saturated heterocycles. The first-order valence-corrected chi connectivity index (χ1v) is 33.3. The van der Waals surface area contributed by atoms with E-state index in [2.05, 4.69) is 31.5 Å². The van der Waals surface area contributed by atoms with Gasteiger partial charge in [0.15, 0.2) is 108 Å². The Bertz CT molecular complexity index is 4130. The highest BCUT2D eigenvalue weighted by atomic mass is 19.2. The zero-order valence-electron chi connectivity index (χ0n) is 58.1. The van der Waals surface area contributed by atoms with Crippen molar-refractivity contribution in [2.75, 3.05) is 0 Å². The Morgan fingerprint density at radius 3 is 0.933 bits per heavy atom. The van der Waals surface area contributed by atoms with Crippen molar-refractivity contribution < 1.29 is 99.4 Å². The van der Waals surface area contributed by atoms with Gasteiger partial charge in [-0.25, -0.2) is 90.8 Å². The highest BCUT2D eigenvalue weighted by molar-refractivity contribution is 5.78. The molecular weight excluding hydrogens is 1420 g/mol. The standard InChI is InChI=1S/C15H15F3N2O3.2C15H16F3NO.C14H14F3N3O3.C14H14F3NO/c1-8-19-14(2,12(17)13(23-8)15(18)5-6-15)10-7-9(20(21)22)3-4-11(10)16;2*1-9-19-14(2,10-5-3-4-6-11(10)16)12(17)13(20-9)15(18)7-8-15;1-13(8-6-7(20(21)22)2-3-9(8)15)10(16)11(14(17)4-5-14)23-12(18)19-13;1-8(15)12-13(17)14(3,18-9(2)19-12)10-6-4-5-7-11(10)16/h3-4,7,12-13H,5-6H2,1-2H3;2*3-6,12-13H,7-8H2,1-2H3;2-3,6,10-11H,4-5H2,1H3,(H2,18,19);4-7,12-13H,1H2,2-3H3/t3*12-,13-,14+;10-,11-,13+;12-,13+,14-/m00001/s1. The molecule has 2 N–H and O–H groups in total. The first-order chi connectivity index (χ1) is 48.9. The highest BCUT2D eigenvalue weighted by Gasteiger charge is 2.66. The third-order valence-electron chi connectivity index (χ3n) is 20.3. The molecule has 0 bridgehead atoms. The summed E-state index contributed by atoms with van der Waals surface area (Å²) in [5.41, 5.74) is -10.7. The first kappa shape index (κ1) is 78.3. The molecule has 14 rings (SSSR count). The van der Waals surface area contributed by atoms with Gasteiger partial charge in [-0.2, -0.15) is 0 Å². The smallest absolute Gasteiger partial charge is 0.283 e. The van der Waals surface area contributed by atoms with Crippen molar-refractivity contribution in [2.45, 2.75) is 225 Å². The third kappa shape index (κ3) is 15.3. The fraction of sp³-hybridized carbons (Fsp3) is 0.493. The average Bonchev–Trinajstić information content (AvgIpc) is 1.65. The number of nitrogens with zero attached hydrogens (tertiary/aromatic N) is 7. The normalized spacial score (nSPS) is 32.9. The van der Waals surface area contributed by atoms with E-state index in [0.717, 1.165) is 36.4 Å². The van der Waals surface area contributed by atoms with Crippen LogP contribution in [-0.2, 0) is 51.4 Å². The summed E-state index contributed by atoms with van der Waals surface area (Å²) >= 11 is 0. The number of nitrogens with two attached hydrogens (primary N) is 1. The van der Waals surface area contributed by atoms with E-state index < -0.39 is 168 Å². The van der Waals surface area contributed by atoms with Gasteiger partial charge in [0.25, 0.3) is 17.4 Å². The maximum absolute atomic E-state index is 15.0. The summed E-state index contributed by atoms with van der Waals surface area (Å²) in [5.74, 6) is -3.82. The molecule has 15 atom stereocenters. The first-order valence-electron chi connectivity index (χ1n) is 33.3. The van der Waals surface area contributed by atoms with Gasteiger partial charge in [-0.15, -0.1) is 0 Å². The number of nitro groups is 2. The largest absolute Gasteiger partial charge is 0.471 e. The molecule has 17 nitrogen and oxygen atoms in total. The van der Waals surface area contributed by atoms with Crippen LogP contribution in [0, 0.1) is 49.3 Å². The van der Waals surface area contributed by atoms with Gasteiger partial charge in [0.1, 0.15) is 62.6 Å². The molecule has 0 amide bonds. The number of ether oxygens (including phenoxy) is 5. The minimum atomic E-state index is -2.04. The van der Waals surface area contributed by atoms with Gasteiger partial charge >= 0.3 is 0 Å². The third-order valence-corrected chi connectivity index (χ3v) is 20.3. The quantitative estimate of drug-likeness (QED) is 0.0707. The summed E-state index contributed by atoms with van der Waals surface area (Å²) in [7, 11) is 0. The van der Waals surface area contributed by atoms with Gasteiger partial charge < -0.3 is 29.4 Å². The fourth-order valence-electron chi connectivity index (χ4n) is 13.6. The number of nitro benzene ring substituents is 2. The molecule has 9 aliphatic rings. The summed E-state index contributed by atoms with van der Waals surface area (Å²) in [6.45, 7) is 16.0. The zero-order valence-corrected chi connectivity index (χ0v) is 58.1. The summed E-state index contributed by atoms with van der Waals surface area (Å²) in [5, 5.41) is 21.8. The second-order valence-corrected chi connectivity index (χ2v) is 28.3. The Kier molecular flexibility index (Phi) is 21.3. The van der Waals surface area contributed by atoms with E-state index in [1.54, 1.807) is 32.0 Å². The van der Waals surface area contributed by atoms with Gasteiger partial charge in [-0.1, -0.05) is 61.2 Å². The lowest BCUT2D eigenvalue weighted by molar-refractivity contribution is -0.385. The van der Waals surface area contributed by atoms with Crippen molar-refractivity contribution in [3.8, 4) is 0 Å². The average molecular weight is 1490 g/mol. The predicted molar refractivity (Wildman–Crippen MR) is 358 cm³/mol. The van der Waals surface area contributed by atoms with Crippen LogP contribution in [0.15, 0.2) is 147 Å². The molecule has 5 aliphatic heterocycles. The molecule has 32 heteroatoms. The molecule has 4 fully saturated rings. The maximum atomic E-state index is 15.0. The monoisotopic (exact) mass is 1490 g/mol. The molecule has 0 radical (unpaired) electrons. The number of halogens is 15. The van der Waals surface area contributed by atoms with Crippen molar-refractivity contribution in [3.63, 3.8) is 0 Å². The molecule has 5 aromatic rings. The van der Waals surface area contributed by atoms with Crippen LogP contribution in [0.2, 0.25) is 0 Å². The number of aliphatic imine (C=N–C) groups is 5. The van der Waals surface area contributed by atoms with Crippen LogP contribution in [0.5, 0.6) is 0 Å². The van der Waals surface area contributed by atoms with Crippen LogP contribution in [-0.4, -0.2) is 124 Å². The SMILES string of the molecule is C=C(F)[C@H]1OC(C)=N[C@](C)(c2ccccc2F)[C@H]1F.CC1=N[C@](C)(c2cc([N+](=O)[O-])ccc2F)[C@@H](F)[C@@H](C2(F)CC2)O1.CC1=N[C@](C)(c2ccccc2F)[C@@H](F)[C@@H](C2(F)CC2)O1.CC1=N[C@](C)(c2ccccc2F)[C@@H](F)[C@@H](C2(F)CC2)O1.C[C@]1(c2cc([N+](=O)[O-])ccc2F)N=C(N)O[C@H](C2(F)CC2)[C@@H]1F. The van der Waals surface area contributed by atoms with E-state index in [4.69, 9.17) is 29.4 Å². The number of amidine groups is 1. The van der Waals surface area contributed by atoms with Crippen molar-refractivity contribution in [1.82, 2.24) is 0 Å². The molecule has 5 aromatic carbocycles. The summed E-state index contributed by atoms with van der Waals surface area (Å²) < 4.78 is 240. The van der Waals surface area contributed by atoms with Crippen LogP contribution < -0.4 is 5.73 Å². The van der Waals surface area contributed by atoms with Crippen LogP contribution in [0.4, 0.5) is 77.2 Å². The number of benzene rings is 5. The van der Waals surface area contributed by atoms with Crippen molar-refractivity contribution in [2.24, 2.45) is 30.7 Å². The fourth-order valence-corrected chi connectivity index (χ4v) is 13.6. The maximum Gasteiger partial charge on any atom is 0.283 e. The lowest BCUT2D eigenvalue weighted by atomic mass is 9.82. The number of non-ortho nitro benzene ring substituents is 2. The van der Waals surface area contributed by atoms with E-state index >= 15 is 0 Å². The van der Waals surface area contributed by atoms with E-state index in [0.29, 0.717) is 0 Å². The Hall–Kier alpha value is -9.26. The van der Waals surface area contributed by atoms with Gasteiger partial charge in [-0.05, 0) is 116 Å². The Morgan fingerprint density at radius 2 is 0.657 bits per heavy atom. The number of rotatable bonds is 12. The molecule has 0 aromatic heterocycles. The number of hydrogen-bond donors (Lipinski definition) is 1. The van der Waals surface area contributed by atoms with E-state index in [1.807, 2.05) is 0 Å². The Morgan fingerprint density at radius 1 is 0.410 bits per heavy atom. The van der Waals surface area contributed by atoms with Crippen LogP contribution in [0.25, 0.3) is 0 Å². The van der Waals surface area contributed by atoms with E-state index in [9.17, 15) is 86.1 Å². The second kappa shape index (κ2) is 28.6. The molecule has 4 aliphatic carbocycles. The van der Waals surface area contributed by atoms with Gasteiger partial charge in [-0.3, -0.25) is 20.2 Å². The van der Waals surface area contributed by atoms with E-state index in [-0.39, 0.29) is 108 Å². The lowest BCUT2D eigenvalue weighted by Crippen LogP contribution is -2.54. The number of alkyl halides is 9. The summed E-state index contributed by atoms with van der Waals surface area (Å²) in [6.07, 6.45) is -14.5. The van der Waals surface area contributed by atoms with Gasteiger partial charge in [0, 0.05) is 79.8 Å². The zero-order chi connectivity index (χ0) is 77.3. The minimum Gasteiger partial charge on any atom is -0.471 e. The second-order valence-electron chi connectivity index (χ2n) is 28.3. The molecular formula is C73H75F15N8O9. The molecule has 105 heavy (non-hydrogen) atoms. The topological polar surface area (TPSA) is 220 Å². The molecule has 5 heterocycles. The predicted octanol–water partition coefficient (Wildman–Crippen LogP) is 17.2. The Labute approximate surface area is 593 Å². The minimum absolute atomic E-state index is 0.0289. The Balaban J connectivity index is 0.000000141. The van der Waals surface area contributed by atoms with Crippen molar-refractivity contribution >= 4 is 41.0 Å². The molecule has 0 spiro atoms. The summed E-state index contributed by atoms with van der Waals surface area (Å²) in [4.78, 5) is 40.4. The molecule has 0 unspecified atom stereocenters. The lowest BCUT2D eigenvalue weighted by Gasteiger charge is -2.40. The molecule has 566 valence electrons.